The van der Waals surface area contributed by atoms with Gasteiger partial charge in [-0.3, -0.25) is 0 Å². The summed E-state index contributed by atoms with van der Waals surface area (Å²) in [6.07, 6.45) is 0.570. The number of likely N-dealkylation sites (N-methyl/N-ethyl adjacent to an activating group) is 1. The van der Waals surface area contributed by atoms with E-state index in [4.69, 9.17) is 4.74 Å². The Labute approximate surface area is 121 Å². The Hall–Kier alpha value is -1.26. The highest BCUT2D eigenvalue weighted by Crippen LogP contribution is 2.43. The number of benzene rings is 1. The molecule has 4 heteroatoms. The highest BCUT2D eigenvalue weighted by molar-refractivity contribution is 5.51. The summed E-state index contributed by atoms with van der Waals surface area (Å²) in [6, 6.07) is 3.40. The smallest absolute Gasteiger partial charge is 0.161 e. The fourth-order valence-corrected chi connectivity index (χ4v) is 2.64. The number of hydrogen-bond donors (Lipinski definition) is 2. The minimum absolute atomic E-state index is 0.00352. The van der Waals surface area contributed by atoms with Crippen molar-refractivity contribution in [3.63, 3.8) is 0 Å². The van der Waals surface area contributed by atoms with Gasteiger partial charge in [-0.2, -0.15) is 0 Å². The van der Waals surface area contributed by atoms with Crippen molar-refractivity contribution in [1.82, 2.24) is 4.90 Å². The van der Waals surface area contributed by atoms with Crippen molar-refractivity contribution in [2.45, 2.75) is 39.4 Å². The van der Waals surface area contributed by atoms with Crippen LogP contribution in [0.4, 0.5) is 0 Å². The zero-order chi connectivity index (χ0) is 15.1. The van der Waals surface area contributed by atoms with E-state index in [1.54, 1.807) is 0 Å². The monoisotopic (exact) mass is 279 g/mol. The number of hydrogen-bond acceptors (Lipinski definition) is 4. The first-order valence-electron chi connectivity index (χ1n) is 7.04. The molecule has 1 aromatic rings. The molecule has 4 nitrogen and oxygen atoms in total. The van der Waals surface area contributed by atoms with Crippen LogP contribution in [-0.2, 0) is 11.2 Å². The third kappa shape index (κ3) is 2.91. The number of ether oxygens (including phenoxy) is 1. The molecule has 0 spiro atoms. The maximum Gasteiger partial charge on any atom is 0.161 e. The summed E-state index contributed by atoms with van der Waals surface area (Å²) in [5.41, 5.74) is 1.79. The lowest BCUT2D eigenvalue weighted by atomic mass is 9.81. The molecule has 0 radical (unpaired) electrons. The lowest BCUT2D eigenvalue weighted by molar-refractivity contribution is -0.0854. The van der Waals surface area contributed by atoms with Gasteiger partial charge in [-0.05, 0) is 31.1 Å². The second-order valence-corrected chi connectivity index (χ2v) is 6.95. The first-order valence-corrected chi connectivity index (χ1v) is 7.04. The van der Waals surface area contributed by atoms with Gasteiger partial charge in [0.1, 0.15) is 0 Å². The van der Waals surface area contributed by atoms with E-state index in [1.165, 1.54) is 6.07 Å². The van der Waals surface area contributed by atoms with E-state index >= 15 is 0 Å². The predicted octanol–water partition coefficient (Wildman–Crippen LogP) is 2.69. The summed E-state index contributed by atoms with van der Waals surface area (Å²) in [5, 5.41) is 19.9. The highest BCUT2D eigenvalue weighted by Gasteiger charge is 2.36. The number of fused-ring (bicyclic) bond motifs is 1. The van der Waals surface area contributed by atoms with Crippen molar-refractivity contribution in [2.75, 3.05) is 20.6 Å². The van der Waals surface area contributed by atoms with Crippen LogP contribution in [0.2, 0.25) is 0 Å². The van der Waals surface area contributed by atoms with Crippen LogP contribution in [0.15, 0.2) is 12.1 Å². The second-order valence-electron chi connectivity index (χ2n) is 6.95. The molecule has 0 aromatic heterocycles. The maximum atomic E-state index is 10.2. The molecule has 0 saturated heterocycles. The SMILES string of the molecule is CN(C)C[C@@H]1O[C@H](C(C)(C)C)Cc2c1ccc(O)c2O. The Morgan fingerprint density at radius 2 is 1.90 bits per heavy atom. The molecule has 2 N–H and O–H groups in total. The maximum absolute atomic E-state index is 10.2. The van der Waals surface area contributed by atoms with Gasteiger partial charge < -0.3 is 19.8 Å². The van der Waals surface area contributed by atoms with Crippen LogP contribution in [-0.4, -0.2) is 41.9 Å². The fourth-order valence-electron chi connectivity index (χ4n) is 2.64. The molecule has 0 saturated carbocycles. The molecule has 0 amide bonds. The summed E-state index contributed by atoms with van der Waals surface area (Å²) in [7, 11) is 4.01. The summed E-state index contributed by atoms with van der Waals surface area (Å²) in [6.45, 7) is 7.16. The molecule has 2 rings (SSSR count). The van der Waals surface area contributed by atoms with Gasteiger partial charge in [0.25, 0.3) is 0 Å². The predicted molar refractivity (Wildman–Crippen MR) is 79.1 cm³/mol. The molecule has 0 bridgehead atoms. The quantitative estimate of drug-likeness (QED) is 0.817. The number of phenols is 2. The lowest BCUT2D eigenvalue weighted by Gasteiger charge is -2.40. The van der Waals surface area contributed by atoms with Crippen LogP contribution in [0.1, 0.15) is 38.0 Å². The Bertz CT molecular complexity index is 491. The van der Waals surface area contributed by atoms with Crippen LogP contribution in [0.25, 0.3) is 0 Å². The minimum Gasteiger partial charge on any atom is -0.504 e. The lowest BCUT2D eigenvalue weighted by Crippen LogP contribution is -2.39. The summed E-state index contributed by atoms with van der Waals surface area (Å²) < 4.78 is 6.25. The van der Waals surface area contributed by atoms with E-state index in [9.17, 15) is 10.2 Å². The van der Waals surface area contributed by atoms with Crippen LogP contribution in [0, 0.1) is 5.41 Å². The van der Waals surface area contributed by atoms with Gasteiger partial charge in [0.05, 0.1) is 12.2 Å². The Balaban J connectivity index is 2.44. The molecule has 0 fully saturated rings. The molecule has 112 valence electrons. The van der Waals surface area contributed by atoms with Gasteiger partial charge in [-0.25, -0.2) is 0 Å². The number of phenolic OH excluding ortho intramolecular Hbond substituents is 2. The van der Waals surface area contributed by atoms with E-state index < -0.39 is 0 Å². The molecule has 0 unspecified atom stereocenters. The molecular weight excluding hydrogens is 254 g/mol. The van der Waals surface area contributed by atoms with Crippen molar-refractivity contribution < 1.29 is 14.9 Å². The van der Waals surface area contributed by atoms with Crippen molar-refractivity contribution in [2.24, 2.45) is 5.41 Å². The first-order chi connectivity index (χ1) is 9.20. The molecule has 1 aliphatic heterocycles. The summed E-state index contributed by atoms with van der Waals surface area (Å²) in [5.74, 6) is -0.0503. The number of aromatic hydroxyl groups is 2. The van der Waals surface area contributed by atoms with Crippen LogP contribution < -0.4 is 0 Å². The van der Waals surface area contributed by atoms with Gasteiger partial charge >= 0.3 is 0 Å². The van der Waals surface area contributed by atoms with E-state index in [0.717, 1.165) is 17.7 Å². The Kier molecular flexibility index (Phi) is 3.98. The first kappa shape index (κ1) is 15.1. The van der Waals surface area contributed by atoms with Crippen molar-refractivity contribution in [3.05, 3.63) is 23.3 Å². The van der Waals surface area contributed by atoms with Gasteiger partial charge in [0.2, 0.25) is 0 Å². The minimum atomic E-state index is -0.0792. The van der Waals surface area contributed by atoms with Crippen molar-refractivity contribution in [1.29, 1.82) is 0 Å². The third-order valence-electron chi connectivity index (χ3n) is 3.86. The average molecular weight is 279 g/mol. The number of nitrogens with zero attached hydrogens (tertiary/aromatic N) is 1. The standard InChI is InChI=1S/C16H25NO3/c1-16(2,3)14-8-11-10(6-7-12(18)15(11)19)13(20-14)9-17(4)5/h6-7,13-14,18-19H,8-9H2,1-5H3/t13-,14-/m0/s1. The summed E-state index contributed by atoms with van der Waals surface area (Å²) >= 11 is 0. The zero-order valence-electron chi connectivity index (χ0n) is 13.0. The fraction of sp³-hybridized carbons (Fsp3) is 0.625. The topological polar surface area (TPSA) is 52.9 Å². The van der Waals surface area contributed by atoms with E-state index in [2.05, 4.69) is 25.7 Å². The van der Waals surface area contributed by atoms with Crippen LogP contribution >= 0.6 is 0 Å². The molecule has 1 aromatic carbocycles. The largest absolute Gasteiger partial charge is 0.504 e. The normalized spacial score (nSPS) is 22.9. The Morgan fingerprint density at radius 3 is 2.45 bits per heavy atom. The van der Waals surface area contributed by atoms with Crippen LogP contribution in [0.3, 0.4) is 0 Å². The zero-order valence-corrected chi connectivity index (χ0v) is 13.0. The average Bonchev–Trinajstić information content (AvgIpc) is 2.32. The molecule has 1 aliphatic rings. The van der Waals surface area contributed by atoms with Gasteiger partial charge in [0, 0.05) is 18.5 Å². The number of rotatable bonds is 2. The van der Waals surface area contributed by atoms with Gasteiger partial charge in [-0.1, -0.05) is 26.8 Å². The second kappa shape index (κ2) is 5.26. The Morgan fingerprint density at radius 1 is 1.25 bits per heavy atom. The molecule has 20 heavy (non-hydrogen) atoms. The van der Waals surface area contributed by atoms with Gasteiger partial charge in [-0.15, -0.1) is 0 Å². The molecule has 0 aliphatic carbocycles. The highest BCUT2D eigenvalue weighted by atomic mass is 16.5. The molecule has 2 atom stereocenters. The molecule has 1 heterocycles. The van der Waals surface area contributed by atoms with E-state index in [1.807, 2.05) is 20.2 Å². The van der Waals surface area contributed by atoms with Crippen molar-refractivity contribution >= 4 is 0 Å². The van der Waals surface area contributed by atoms with Gasteiger partial charge in [0.15, 0.2) is 11.5 Å². The van der Waals surface area contributed by atoms with Crippen LogP contribution in [0.5, 0.6) is 11.5 Å². The van der Waals surface area contributed by atoms with E-state index in [0.29, 0.717) is 6.42 Å². The van der Waals surface area contributed by atoms with E-state index in [-0.39, 0.29) is 29.1 Å². The third-order valence-corrected chi connectivity index (χ3v) is 3.86. The summed E-state index contributed by atoms with van der Waals surface area (Å²) in [4.78, 5) is 2.07. The molecular formula is C16H25NO3. The van der Waals surface area contributed by atoms with Crippen molar-refractivity contribution in [3.8, 4) is 11.5 Å².